The van der Waals surface area contributed by atoms with Gasteiger partial charge in [0.25, 0.3) is 5.56 Å². The summed E-state index contributed by atoms with van der Waals surface area (Å²) in [6, 6.07) is 1.82. The Bertz CT molecular complexity index is 1010. The van der Waals surface area contributed by atoms with Crippen molar-refractivity contribution in [1.29, 1.82) is 0 Å². The fourth-order valence-corrected chi connectivity index (χ4v) is 3.46. The van der Waals surface area contributed by atoms with Crippen LogP contribution in [0, 0.1) is 13.8 Å². The molecule has 1 aliphatic rings. The number of rotatable bonds is 4. The number of aromatic nitrogens is 5. The van der Waals surface area contributed by atoms with Gasteiger partial charge in [0.05, 0.1) is 30.3 Å². The van der Waals surface area contributed by atoms with Crippen molar-refractivity contribution in [2.24, 2.45) is 0 Å². The van der Waals surface area contributed by atoms with Crippen LogP contribution < -0.4 is 15.2 Å². The number of H-pyrrole nitrogens is 1. The third-order valence-corrected chi connectivity index (χ3v) is 4.87. The van der Waals surface area contributed by atoms with Crippen molar-refractivity contribution in [3.8, 4) is 17.0 Å². The Morgan fingerprint density at radius 2 is 2.22 bits per heavy atom. The Kier molecular flexibility index (Phi) is 4.53. The Labute approximate surface area is 159 Å². The summed E-state index contributed by atoms with van der Waals surface area (Å²) >= 11 is 6.09. The van der Waals surface area contributed by atoms with E-state index < -0.39 is 5.56 Å². The standard InChI is InChI=1S/C17H17ClN6O3/c1-9-15(10(2)27-23-9)11-5-14(21-19-6-11)26-12-3-4-24(8-12)13-7-20-22-17(25)16(13)18/h5-7,12H,3-4,8H2,1-2H3,(H,22,25)/t12-/m1/s1. The first-order valence-electron chi connectivity index (χ1n) is 8.43. The van der Waals surface area contributed by atoms with E-state index in [-0.39, 0.29) is 11.1 Å². The maximum atomic E-state index is 11.6. The number of nitrogens with zero attached hydrogens (tertiary/aromatic N) is 5. The van der Waals surface area contributed by atoms with Gasteiger partial charge in [0.2, 0.25) is 5.88 Å². The van der Waals surface area contributed by atoms with E-state index in [1.807, 2.05) is 24.8 Å². The predicted molar refractivity (Wildman–Crippen MR) is 98.1 cm³/mol. The van der Waals surface area contributed by atoms with Gasteiger partial charge in [0.1, 0.15) is 16.9 Å². The highest BCUT2D eigenvalue weighted by Crippen LogP contribution is 2.29. The molecule has 0 saturated carbocycles. The quantitative estimate of drug-likeness (QED) is 0.723. The second kappa shape index (κ2) is 6.99. The smallest absolute Gasteiger partial charge is 0.285 e. The molecule has 4 rings (SSSR count). The third kappa shape index (κ3) is 3.37. The maximum Gasteiger partial charge on any atom is 0.285 e. The maximum absolute atomic E-state index is 11.6. The Balaban J connectivity index is 1.50. The largest absolute Gasteiger partial charge is 0.471 e. The second-order valence-electron chi connectivity index (χ2n) is 6.35. The normalized spacial score (nSPS) is 16.7. The number of aromatic amines is 1. The summed E-state index contributed by atoms with van der Waals surface area (Å²) < 4.78 is 11.2. The zero-order valence-corrected chi connectivity index (χ0v) is 15.5. The van der Waals surface area contributed by atoms with Crippen molar-refractivity contribution in [3.63, 3.8) is 0 Å². The molecule has 1 atom stereocenters. The van der Waals surface area contributed by atoms with E-state index in [0.717, 1.165) is 29.0 Å². The van der Waals surface area contributed by atoms with Crippen LogP contribution in [-0.2, 0) is 0 Å². The van der Waals surface area contributed by atoms with E-state index in [0.29, 0.717) is 24.7 Å². The molecule has 0 unspecified atom stereocenters. The minimum absolute atomic E-state index is 0.102. The van der Waals surface area contributed by atoms with Crippen molar-refractivity contribution in [2.45, 2.75) is 26.4 Å². The Morgan fingerprint density at radius 3 is 3.00 bits per heavy atom. The zero-order chi connectivity index (χ0) is 19.0. The minimum atomic E-state index is -0.406. The van der Waals surface area contributed by atoms with Crippen LogP contribution in [-0.4, -0.2) is 44.7 Å². The summed E-state index contributed by atoms with van der Waals surface area (Å²) in [6.45, 7) is 5.00. The number of ether oxygens (including phenoxy) is 1. The number of aryl methyl sites for hydroxylation is 2. The summed E-state index contributed by atoms with van der Waals surface area (Å²) in [6.07, 6.45) is 3.86. The molecule has 9 nitrogen and oxygen atoms in total. The summed E-state index contributed by atoms with van der Waals surface area (Å²) in [7, 11) is 0. The molecule has 4 heterocycles. The Hall–Kier alpha value is -2.94. The van der Waals surface area contributed by atoms with Crippen LogP contribution in [0.2, 0.25) is 5.02 Å². The molecule has 0 amide bonds. The van der Waals surface area contributed by atoms with Crippen LogP contribution >= 0.6 is 11.6 Å². The SMILES string of the molecule is Cc1noc(C)c1-c1cnnc(O[C@@H]2CCN(c3cn[nH]c(=O)c3Cl)C2)c1. The molecule has 3 aromatic heterocycles. The first-order chi connectivity index (χ1) is 13.0. The lowest BCUT2D eigenvalue weighted by molar-refractivity contribution is 0.213. The molecule has 1 aliphatic heterocycles. The van der Waals surface area contributed by atoms with E-state index in [4.69, 9.17) is 20.9 Å². The van der Waals surface area contributed by atoms with E-state index in [1.165, 1.54) is 0 Å². The van der Waals surface area contributed by atoms with E-state index in [2.05, 4.69) is 25.6 Å². The molecular weight excluding hydrogens is 372 g/mol. The number of anilines is 1. The fourth-order valence-electron chi connectivity index (χ4n) is 3.25. The Morgan fingerprint density at radius 1 is 1.37 bits per heavy atom. The van der Waals surface area contributed by atoms with Gasteiger partial charge in [-0.15, -0.1) is 5.10 Å². The molecule has 1 saturated heterocycles. The number of hydrogen-bond donors (Lipinski definition) is 1. The monoisotopic (exact) mass is 388 g/mol. The van der Waals surface area contributed by atoms with Gasteiger partial charge >= 0.3 is 0 Å². The second-order valence-corrected chi connectivity index (χ2v) is 6.73. The predicted octanol–water partition coefficient (Wildman–Crippen LogP) is 2.14. The molecule has 3 aromatic rings. The topological polar surface area (TPSA) is 110 Å². The highest BCUT2D eigenvalue weighted by Gasteiger charge is 2.27. The van der Waals surface area contributed by atoms with E-state index >= 15 is 0 Å². The van der Waals surface area contributed by atoms with Crippen molar-refractivity contribution < 1.29 is 9.26 Å². The third-order valence-electron chi connectivity index (χ3n) is 4.50. The van der Waals surface area contributed by atoms with Gasteiger partial charge in [0, 0.05) is 30.2 Å². The van der Waals surface area contributed by atoms with Crippen molar-refractivity contribution in [2.75, 3.05) is 18.0 Å². The van der Waals surface area contributed by atoms with Crippen LogP contribution in [0.4, 0.5) is 5.69 Å². The number of nitrogens with one attached hydrogen (secondary N) is 1. The van der Waals surface area contributed by atoms with E-state index in [9.17, 15) is 4.79 Å². The number of halogens is 1. The highest BCUT2D eigenvalue weighted by molar-refractivity contribution is 6.33. The summed E-state index contributed by atoms with van der Waals surface area (Å²) in [5, 5.41) is 18.3. The molecule has 1 fully saturated rings. The minimum Gasteiger partial charge on any atom is -0.471 e. The average molecular weight is 389 g/mol. The van der Waals surface area contributed by atoms with Crippen molar-refractivity contribution >= 4 is 17.3 Å². The van der Waals surface area contributed by atoms with Gasteiger partial charge in [-0.25, -0.2) is 5.10 Å². The van der Waals surface area contributed by atoms with Crippen LogP contribution in [0.1, 0.15) is 17.9 Å². The summed E-state index contributed by atoms with van der Waals surface area (Å²) in [5.74, 6) is 1.14. The lowest BCUT2D eigenvalue weighted by Gasteiger charge is -2.19. The molecular formula is C17H17ClN6O3. The molecule has 1 N–H and O–H groups in total. The molecule has 140 valence electrons. The molecule has 0 aliphatic carbocycles. The lowest BCUT2D eigenvalue weighted by Crippen LogP contribution is -2.26. The first-order valence-corrected chi connectivity index (χ1v) is 8.81. The summed E-state index contributed by atoms with van der Waals surface area (Å²) in [5.41, 5.74) is 2.71. The number of hydrogen-bond acceptors (Lipinski definition) is 8. The summed E-state index contributed by atoms with van der Waals surface area (Å²) in [4.78, 5) is 13.6. The fraction of sp³-hybridized carbons (Fsp3) is 0.353. The average Bonchev–Trinajstić information content (AvgIpc) is 3.24. The van der Waals surface area contributed by atoms with Gasteiger partial charge < -0.3 is 14.2 Å². The molecule has 0 bridgehead atoms. The molecule has 0 spiro atoms. The molecule has 0 radical (unpaired) electrons. The first kappa shape index (κ1) is 17.5. The van der Waals surface area contributed by atoms with Crippen molar-refractivity contribution in [3.05, 3.63) is 45.3 Å². The molecule has 27 heavy (non-hydrogen) atoms. The molecule has 0 aromatic carbocycles. The van der Waals surface area contributed by atoms with E-state index in [1.54, 1.807) is 12.4 Å². The van der Waals surface area contributed by atoms with Gasteiger partial charge in [-0.3, -0.25) is 4.79 Å². The highest BCUT2D eigenvalue weighted by atomic mass is 35.5. The van der Waals surface area contributed by atoms with Crippen molar-refractivity contribution in [1.82, 2.24) is 25.6 Å². The van der Waals surface area contributed by atoms with Crippen LogP contribution in [0.5, 0.6) is 5.88 Å². The van der Waals surface area contributed by atoms with Crippen LogP contribution in [0.3, 0.4) is 0 Å². The lowest BCUT2D eigenvalue weighted by atomic mass is 10.1. The zero-order valence-electron chi connectivity index (χ0n) is 14.8. The van der Waals surface area contributed by atoms with Gasteiger partial charge in [-0.1, -0.05) is 16.8 Å². The van der Waals surface area contributed by atoms with Gasteiger partial charge in [-0.2, -0.15) is 10.2 Å². The molecule has 10 heteroatoms. The van der Waals surface area contributed by atoms with Crippen LogP contribution in [0.25, 0.3) is 11.1 Å². The van der Waals surface area contributed by atoms with Gasteiger partial charge in [0.15, 0.2) is 0 Å². The van der Waals surface area contributed by atoms with Crippen LogP contribution in [0.15, 0.2) is 27.8 Å². The van der Waals surface area contributed by atoms with Gasteiger partial charge in [-0.05, 0) is 13.8 Å².